The second-order valence-corrected chi connectivity index (χ2v) is 7.60. The molecule has 2 aliphatic rings. The molecule has 2 saturated heterocycles. The fraction of sp³-hybridized carbons (Fsp3) is 0.533. The molecule has 0 unspecified atom stereocenters. The normalized spacial score (nSPS) is 27.0. The maximum Gasteiger partial charge on any atom is 0.306 e. The summed E-state index contributed by atoms with van der Waals surface area (Å²) < 4.78 is 32.5. The highest BCUT2D eigenvalue weighted by molar-refractivity contribution is 7.89. The zero-order valence-corrected chi connectivity index (χ0v) is 12.8. The van der Waals surface area contributed by atoms with Gasteiger partial charge in [0.25, 0.3) is 0 Å². The Morgan fingerprint density at radius 1 is 1.19 bits per heavy atom. The molecular formula is C15H19NO4S. The van der Waals surface area contributed by atoms with Crippen LogP contribution in [0.15, 0.2) is 29.2 Å². The third kappa shape index (κ3) is 2.70. The molecule has 6 heteroatoms. The van der Waals surface area contributed by atoms with Gasteiger partial charge in [0.15, 0.2) is 0 Å². The zero-order chi connectivity index (χ0) is 15.0. The lowest BCUT2D eigenvalue weighted by molar-refractivity contribution is -0.160. The smallest absolute Gasteiger partial charge is 0.306 e. The number of benzene rings is 1. The minimum atomic E-state index is -3.52. The van der Waals surface area contributed by atoms with Gasteiger partial charge in [-0.15, -0.1) is 0 Å². The van der Waals surface area contributed by atoms with Crippen molar-refractivity contribution in [3.05, 3.63) is 29.8 Å². The number of carbonyl (C=O) groups excluding carboxylic acids is 1. The van der Waals surface area contributed by atoms with E-state index < -0.39 is 10.0 Å². The second-order valence-electron chi connectivity index (χ2n) is 5.71. The number of carbonyl (C=O) groups is 1. The van der Waals surface area contributed by atoms with Crippen LogP contribution in [0, 0.1) is 6.92 Å². The standard InChI is InChI=1S/C15H19NO4S/c1-11-4-6-12(7-5-11)21(18,19)16-10-2-3-14-13(16)8-9-15(17)20-14/h4-7,13-14H,2-3,8-10H2,1H3/t13-,14+/m1/s1. The van der Waals surface area contributed by atoms with Crippen molar-refractivity contribution in [2.75, 3.05) is 6.54 Å². The summed E-state index contributed by atoms with van der Waals surface area (Å²) in [5, 5.41) is 0. The first kappa shape index (κ1) is 14.5. The molecule has 0 saturated carbocycles. The second kappa shape index (κ2) is 5.42. The van der Waals surface area contributed by atoms with Gasteiger partial charge in [-0.2, -0.15) is 4.31 Å². The topological polar surface area (TPSA) is 63.7 Å². The molecule has 2 heterocycles. The van der Waals surface area contributed by atoms with Crippen LogP contribution in [0.5, 0.6) is 0 Å². The molecule has 5 nitrogen and oxygen atoms in total. The van der Waals surface area contributed by atoms with Gasteiger partial charge in [-0.3, -0.25) is 4.79 Å². The Kier molecular flexibility index (Phi) is 3.75. The van der Waals surface area contributed by atoms with Crippen LogP contribution < -0.4 is 0 Å². The number of fused-ring (bicyclic) bond motifs is 1. The quantitative estimate of drug-likeness (QED) is 0.782. The van der Waals surface area contributed by atoms with Crippen LogP contribution in [-0.2, 0) is 19.6 Å². The van der Waals surface area contributed by atoms with Gasteiger partial charge in [-0.05, 0) is 38.3 Å². The number of esters is 1. The zero-order valence-electron chi connectivity index (χ0n) is 12.0. The van der Waals surface area contributed by atoms with E-state index in [0.29, 0.717) is 24.3 Å². The van der Waals surface area contributed by atoms with Crippen molar-refractivity contribution in [3.63, 3.8) is 0 Å². The van der Waals surface area contributed by atoms with E-state index in [1.807, 2.05) is 6.92 Å². The lowest BCUT2D eigenvalue weighted by atomic mass is 9.95. The van der Waals surface area contributed by atoms with E-state index >= 15 is 0 Å². The molecule has 1 aromatic carbocycles. The lowest BCUT2D eigenvalue weighted by Crippen LogP contribution is -2.54. The van der Waals surface area contributed by atoms with Crippen LogP contribution in [0.25, 0.3) is 0 Å². The van der Waals surface area contributed by atoms with Gasteiger partial charge in [0.05, 0.1) is 10.9 Å². The molecule has 0 spiro atoms. The number of hydrogen-bond donors (Lipinski definition) is 0. The summed E-state index contributed by atoms with van der Waals surface area (Å²) in [5.41, 5.74) is 1.03. The van der Waals surface area contributed by atoms with E-state index in [9.17, 15) is 13.2 Å². The number of aryl methyl sites for hydroxylation is 1. The first-order valence-electron chi connectivity index (χ1n) is 7.26. The SMILES string of the molecule is Cc1ccc(S(=O)(=O)N2CCC[C@@H]3OC(=O)CC[C@H]32)cc1. The molecule has 114 valence electrons. The summed E-state index contributed by atoms with van der Waals surface area (Å²) in [6.45, 7) is 2.42. The average molecular weight is 309 g/mol. The van der Waals surface area contributed by atoms with Gasteiger partial charge in [0.1, 0.15) is 6.10 Å². The highest BCUT2D eigenvalue weighted by atomic mass is 32.2. The van der Waals surface area contributed by atoms with E-state index in [0.717, 1.165) is 18.4 Å². The molecule has 1 aromatic rings. The van der Waals surface area contributed by atoms with Crippen LogP contribution in [0.2, 0.25) is 0 Å². The number of piperidine rings is 1. The Morgan fingerprint density at radius 3 is 2.62 bits per heavy atom. The summed E-state index contributed by atoms with van der Waals surface area (Å²) in [5.74, 6) is -0.217. The third-order valence-electron chi connectivity index (χ3n) is 4.22. The molecular weight excluding hydrogens is 290 g/mol. The first-order chi connectivity index (χ1) is 9.98. The minimum Gasteiger partial charge on any atom is -0.461 e. The summed E-state index contributed by atoms with van der Waals surface area (Å²) in [4.78, 5) is 11.7. The average Bonchev–Trinajstić information content (AvgIpc) is 2.46. The molecule has 0 aromatic heterocycles. The Balaban J connectivity index is 1.90. The van der Waals surface area contributed by atoms with Gasteiger partial charge in [0.2, 0.25) is 10.0 Å². The van der Waals surface area contributed by atoms with E-state index in [-0.39, 0.29) is 18.1 Å². The largest absolute Gasteiger partial charge is 0.461 e. The maximum absolute atomic E-state index is 12.8. The van der Waals surface area contributed by atoms with Crippen molar-refractivity contribution in [2.45, 2.75) is 49.6 Å². The Morgan fingerprint density at radius 2 is 1.90 bits per heavy atom. The molecule has 0 aliphatic carbocycles. The van der Waals surface area contributed by atoms with Gasteiger partial charge in [-0.1, -0.05) is 17.7 Å². The third-order valence-corrected chi connectivity index (χ3v) is 6.16. The molecule has 2 fully saturated rings. The molecule has 0 bridgehead atoms. The van der Waals surface area contributed by atoms with E-state index in [1.54, 1.807) is 24.3 Å². The lowest BCUT2D eigenvalue weighted by Gasteiger charge is -2.42. The van der Waals surface area contributed by atoms with Crippen LogP contribution in [-0.4, -0.2) is 37.4 Å². The summed E-state index contributed by atoms with van der Waals surface area (Å²) >= 11 is 0. The number of ether oxygens (including phenoxy) is 1. The maximum atomic E-state index is 12.8. The highest BCUT2D eigenvalue weighted by Gasteiger charge is 2.43. The number of nitrogens with zero attached hydrogens (tertiary/aromatic N) is 1. The van der Waals surface area contributed by atoms with Crippen LogP contribution in [0.1, 0.15) is 31.2 Å². The molecule has 2 atom stereocenters. The molecule has 0 N–H and O–H groups in total. The number of hydrogen-bond acceptors (Lipinski definition) is 4. The van der Waals surface area contributed by atoms with Crippen LogP contribution in [0.3, 0.4) is 0 Å². The molecule has 2 aliphatic heterocycles. The fourth-order valence-corrected chi connectivity index (χ4v) is 4.81. The molecule has 0 radical (unpaired) electrons. The van der Waals surface area contributed by atoms with E-state index in [2.05, 4.69) is 0 Å². The van der Waals surface area contributed by atoms with Crippen molar-refractivity contribution in [2.24, 2.45) is 0 Å². The Labute approximate surface area is 124 Å². The van der Waals surface area contributed by atoms with Gasteiger partial charge in [0, 0.05) is 13.0 Å². The van der Waals surface area contributed by atoms with Crippen molar-refractivity contribution >= 4 is 16.0 Å². The van der Waals surface area contributed by atoms with Crippen molar-refractivity contribution in [1.82, 2.24) is 4.31 Å². The van der Waals surface area contributed by atoms with E-state index in [4.69, 9.17) is 4.74 Å². The monoisotopic (exact) mass is 309 g/mol. The Bertz CT molecular complexity index is 638. The summed E-state index contributed by atoms with van der Waals surface area (Å²) in [6, 6.07) is 6.67. The first-order valence-corrected chi connectivity index (χ1v) is 8.70. The number of sulfonamides is 1. The highest BCUT2D eigenvalue weighted by Crippen LogP contribution is 2.32. The minimum absolute atomic E-state index is 0.217. The Hall–Kier alpha value is -1.40. The van der Waals surface area contributed by atoms with Gasteiger partial charge >= 0.3 is 5.97 Å². The summed E-state index contributed by atoms with van der Waals surface area (Å²) in [7, 11) is -3.52. The van der Waals surface area contributed by atoms with Gasteiger partial charge in [-0.25, -0.2) is 8.42 Å². The molecule has 21 heavy (non-hydrogen) atoms. The molecule has 3 rings (SSSR count). The van der Waals surface area contributed by atoms with E-state index in [1.165, 1.54) is 4.31 Å². The van der Waals surface area contributed by atoms with Crippen LogP contribution in [0.4, 0.5) is 0 Å². The van der Waals surface area contributed by atoms with Gasteiger partial charge < -0.3 is 4.74 Å². The van der Waals surface area contributed by atoms with Crippen molar-refractivity contribution in [1.29, 1.82) is 0 Å². The van der Waals surface area contributed by atoms with Crippen molar-refractivity contribution in [3.8, 4) is 0 Å². The summed E-state index contributed by atoms with van der Waals surface area (Å²) in [6.07, 6.45) is 2.02. The van der Waals surface area contributed by atoms with Crippen LogP contribution >= 0.6 is 0 Å². The van der Waals surface area contributed by atoms with Crippen molar-refractivity contribution < 1.29 is 17.9 Å². The molecule has 0 amide bonds. The predicted molar refractivity (Wildman–Crippen MR) is 77.2 cm³/mol. The number of rotatable bonds is 2. The fourth-order valence-electron chi connectivity index (χ4n) is 3.10. The predicted octanol–water partition coefficient (Wildman–Crippen LogP) is 1.85.